The molecule has 0 aliphatic carbocycles. The third-order valence-corrected chi connectivity index (χ3v) is 3.59. The van der Waals surface area contributed by atoms with Gasteiger partial charge in [-0.1, -0.05) is 21.1 Å². The Morgan fingerprint density at radius 2 is 1.73 bits per heavy atom. The van der Waals surface area contributed by atoms with Crippen LogP contribution >= 0.6 is 15.9 Å². The van der Waals surface area contributed by atoms with Gasteiger partial charge >= 0.3 is 5.97 Å². The van der Waals surface area contributed by atoms with E-state index in [4.69, 9.17) is 0 Å². The van der Waals surface area contributed by atoms with E-state index in [1.54, 1.807) is 12.1 Å². The first kappa shape index (κ1) is 14.4. The Bertz CT molecular complexity index is 829. The first-order valence-corrected chi connectivity index (χ1v) is 7.06. The summed E-state index contributed by atoms with van der Waals surface area (Å²) in [7, 11) is 0. The lowest BCUT2D eigenvalue weighted by Crippen LogP contribution is -2.03. The molecule has 0 atom stereocenters. The van der Waals surface area contributed by atoms with E-state index in [1.165, 1.54) is 28.9 Å². The van der Waals surface area contributed by atoms with Crippen LogP contribution in [0.2, 0.25) is 0 Å². The molecule has 7 heteroatoms. The van der Waals surface area contributed by atoms with Crippen LogP contribution in [0.5, 0.6) is 0 Å². The van der Waals surface area contributed by atoms with Gasteiger partial charge in [0.05, 0.1) is 5.69 Å². The summed E-state index contributed by atoms with van der Waals surface area (Å²) >= 11 is 3.34. The molecular formula is C15H9BrFN3O2. The molecule has 5 nitrogen and oxygen atoms in total. The average Bonchev–Trinajstić information content (AvgIpc) is 2.94. The number of benzene rings is 2. The van der Waals surface area contributed by atoms with Gasteiger partial charge in [-0.3, -0.25) is 0 Å². The highest BCUT2D eigenvalue weighted by molar-refractivity contribution is 9.10. The number of halogens is 2. The van der Waals surface area contributed by atoms with Gasteiger partial charge in [0.15, 0.2) is 5.69 Å². The van der Waals surface area contributed by atoms with Gasteiger partial charge in [0.2, 0.25) is 0 Å². The molecule has 0 amide bonds. The van der Waals surface area contributed by atoms with Crippen molar-refractivity contribution in [3.05, 3.63) is 64.5 Å². The number of nitrogens with zero attached hydrogens (tertiary/aromatic N) is 3. The van der Waals surface area contributed by atoms with Crippen molar-refractivity contribution in [2.75, 3.05) is 0 Å². The zero-order chi connectivity index (χ0) is 15.7. The molecule has 110 valence electrons. The monoisotopic (exact) mass is 361 g/mol. The lowest BCUT2D eigenvalue weighted by molar-refractivity contribution is 0.0691. The summed E-state index contributed by atoms with van der Waals surface area (Å²) in [6.07, 6.45) is 0. The van der Waals surface area contributed by atoms with Crippen molar-refractivity contribution >= 4 is 21.9 Å². The second-order valence-corrected chi connectivity index (χ2v) is 5.40. The van der Waals surface area contributed by atoms with Crippen LogP contribution < -0.4 is 0 Å². The molecule has 22 heavy (non-hydrogen) atoms. The van der Waals surface area contributed by atoms with E-state index in [0.717, 1.165) is 4.47 Å². The van der Waals surface area contributed by atoms with E-state index in [1.807, 2.05) is 12.1 Å². The Morgan fingerprint density at radius 1 is 1.09 bits per heavy atom. The molecule has 0 unspecified atom stereocenters. The third-order valence-electron chi connectivity index (χ3n) is 3.06. The number of hydrogen-bond acceptors (Lipinski definition) is 3. The fourth-order valence-corrected chi connectivity index (χ4v) is 2.32. The fourth-order valence-electron chi connectivity index (χ4n) is 2.06. The van der Waals surface area contributed by atoms with E-state index in [0.29, 0.717) is 16.9 Å². The summed E-state index contributed by atoms with van der Waals surface area (Å²) in [6.45, 7) is 0. The van der Waals surface area contributed by atoms with Crippen molar-refractivity contribution in [2.45, 2.75) is 0 Å². The maximum Gasteiger partial charge on any atom is 0.358 e. The Balaban J connectivity index is 2.21. The number of rotatable bonds is 3. The summed E-state index contributed by atoms with van der Waals surface area (Å²) in [5.41, 5.74) is 1.29. The van der Waals surface area contributed by atoms with Crippen LogP contribution in [0.3, 0.4) is 0 Å². The SMILES string of the molecule is O=C(O)c1nnn(-c2ccc(Br)cc2)c1-c1ccc(F)cc1. The van der Waals surface area contributed by atoms with Gasteiger partial charge in [0.25, 0.3) is 0 Å². The average molecular weight is 362 g/mol. The first-order chi connectivity index (χ1) is 10.6. The fraction of sp³-hybridized carbons (Fsp3) is 0. The van der Waals surface area contributed by atoms with Gasteiger partial charge in [0.1, 0.15) is 11.5 Å². The minimum Gasteiger partial charge on any atom is -0.476 e. The number of aromatic nitrogens is 3. The molecule has 1 aromatic heterocycles. The van der Waals surface area contributed by atoms with Crippen LogP contribution in [-0.4, -0.2) is 26.1 Å². The summed E-state index contributed by atoms with van der Waals surface area (Å²) in [5, 5.41) is 16.9. The molecule has 0 bridgehead atoms. The second-order valence-electron chi connectivity index (χ2n) is 4.49. The second kappa shape index (κ2) is 5.69. The van der Waals surface area contributed by atoms with Crippen LogP contribution in [0.1, 0.15) is 10.5 Å². The third kappa shape index (κ3) is 2.62. The molecule has 1 heterocycles. The van der Waals surface area contributed by atoms with Crippen molar-refractivity contribution in [2.24, 2.45) is 0 Å². The highest BCUT2D eigenvalue weighted by Gasteiger charge is 2.21. The zero-order valence-electron chi connectivity index (χ0n) is 11.1. The maximum atomic E-state index is 13.1. The van der Waals surface area contributed by atoms with Gasteiger partial charge in [0, 0.05) is 10.0 Å². The van der Waals surface area contributed by atoms with E-state index in [-0.39, 0.29) is 5.69 Å². The molecular weight excluding hydrogens is 353 g/mol. The molecule has 3 rings (SSSR count). The molecule has 0 spiro atoms. The number of aromatic carboxylic acids is 1. The Morgan fingerprint density at radius 3 is 2.32 bits per heavy atom. The molecule has 0 aliphatic heterocycles. The van der Waals surface area contributed by atoms with Crippen LogP contribution in [0.15, 0.2) is 53.0 Å². The summed E-state index contributed by atoms with van der Waals surface area (Å²) in [4.78, 5) is 11.4. The minimum atomic E-state index is -1.19. The van der Waals surface area contributed by atoms with Crippen molar-refractivity contribution in [3.63, 3.8) is 0 Å². The Kier molecular flexibility index (Phi) is 3.72. The summed E-state index contributed by atoms with van der Waals surface area (Å²) in [6, 6.07) is 12.7. The van der Waals surface area contributed by atoms with E-state index >= 15 is 0 Å². The van der Waals surface area contributed by atoms with Gasteiger partial charge in [-0.15, -0.1) is 5.10 Å². The lowest BCUT2D eigenvalue weighted by atomic mass is 10.1. The number of hydrogen-bond donors (Lipinski definition) is 1. The molecule has 1 N–H and O–H groups in total. The smallest absolute Gasteiger partial charge is 0.358 e. The topological polar surface area (TPSA) is 68.0 Å². The number of carboxylic acids is 1. The molecule has 0 radical (unpaired) electrons. The van der Waals surface area contributed by atoms with E-state index in [9.17, 15) is 14.3 Å². The highest BCUT2D eigenvalue weighted by Crippen LogP contribution is 2.26. The Hall–Kier alpha value is -2.54. The van der Waals surface area contributed by atoms with Crippen molar-refractivity contribution in [1.29, 1.82) is 0 Å². The van der Waals surface area contributed by atoms with Crippen LogP contribution in [0.4, 0.5) is 4.39 Å². The van der Waals surface area contributed by atoms with Crippen molar-refractivity contribution in [1.82, 2.24) is 15.0 Å². The molecule has 0 aliphatic rings. The minimum absolute atomic E-state index is 0.186. The van der Waals surface area contributed by atoms with Gasteiger partial charge in [-0.25, -0.2) is 13.9 Å². The molecule has 0 saturated heterocycles. The predicted octanol–water partition coefficient (Wildman–Crippen LogP) is 3.53. The van der Waals surface area contributed by atoms with E-state index in [2.05, 4.69) is 26.2 Å². The standard InChI is InChI=1S/C15H9BrFN3O2/c16-10-3-7-12(8-4-10)20-14(13(15(21)22)18-19-20)9-1-5-11(17)6-2-9/h1-8H,(H,21,22). The quantitative estimate of drug-likeness (QED) is 0.774. The maximum absolute atomic E-state index is 13.1. The Labute approximate surface area is 133 Å². The van der Waals surface area contributed by atoms with Crippen LogP contribution in [-0.2, 0) is 0 Å². The lowest BCUT2D eigenvalue weighted by Gasteiger charge is -2.07. The number of carbonyl (C=O) groups is 1. The van der Waals surface area contributed by atoms with Crippen LogP contribution in [0, 0.1) is 5.82 Å². The zero-order valence-corrected chi connectivity index (χ0v) is 12.7. The van der Waals surface area contributed by atoms with Gasteiger partial charge < -0.3 is 5.11 Å². The molecule has 3 aromatic rings. The molecule has 0 fully saturated rings. The molecule has 2 aromatic carbocycles. The largest absolute Gasteiger partial charge is 0.476 e. The van der Waals surface area contributed by atoms with E-state index < -0.39 is 11.8 Å². The summed E-state index contributed by atoms with van der Waals surface area (Å²) < 4.78 is 15.4. The molecule has 0 saturated carbocycles. The normalized spacial score (nSPS) is 10.6. The highest BCUT2D eigenvalue weighted by atomic mass is 79.9. The van der Waals surface area contributed by atoms with Gasteiger partial charge in [-0.05, 0) is 48.5 Å². The first-order valence-electron chi connectivity index (χ1n) is 6.27. The van der Waals surface area contributed by atoms with Gasteiger partial charge in [-0.2, -0.15) is 0 Å². The van der Waals surface area contributed by atoms with Crippen molar-refractivity contribution in [3.8, 4) is 16.9 Å². The number of carboxylic acid groups (broad SMARTS) is 1. The summed E-state index contributed by atoms with van der Waals surface area (Å²) in [5.74, 6) is -1.59. The van der Waals surface area contributed by atoms with Crippen molar-refractivity contribution < 1.29 is 14.3 Å². The van der Waals surface area contributed by atoms with Crippen LogP contribution in [0.25, 0.3) is 16.9 Å². The predicted molar refractivity (Wildman–Crippen MR) is 81.4 cm³/mol.